The summed E-state index contributed by atoms with van der Waals surface area (Å²) in [6, 6.07) is 4.10. The van der Waals surface area contributed by atoms with Crippen LogP contribution >= 0.6 is 22.9 Å². The average molecular weight is 314 g/mol. The van der Waals surface area contributed by atoms with Gasteiger partial charge in [-0.3, -0.25) is 0 Å². The summed E-state index contributed by atoms with van der Waals surface area (Å²) in [4.78, 5) is 1.27. The van der Waals surface area contributed by atoms with Gasteiger partial charge in [0.25, 0.3) is 0 Å². The van der Waals surface area contributed by atoms with Crippen LogP contribution in [0, 0.1) is 5.92 Å². The first-order valence-corrected chi connectivity index (χ1v) is 8.64. The maximum Gasteiger partial charge on any atom is 0.0934 e. The lowest BCUT2D eigenvalue weighted by Gasteiger charge is -2.25. The molecular formula is C16H24ClNOS. The fourth-order valence-corrected chi connectivity index (χ4v) is 3.82. The van der Waals surface area contributed by atoms with E-state index in [1.165, 1.54) is 42.6 Å². The van der Waals surface area contributed by atoms with E-state index in [-0.39, 0.29) is 0 Å². The zero-order valence-electron chi connectivity index (χ0n) is 12.2. The summed E-state index contributed by atoms with van der Waals surface area (Å²) in [5.74, 6) is 0.736. The fraction of sp³-hybridized carbons (Fsp3) is 0.625. The molecule has 0 spiro atoms. The van der Waals surface area contributed by atoms with Gasteiger partial charge in [-0.1, -0.05) is 36.4 Å². The highest BCUT2D eigenvalue weighted by atomic mass is 35.5. The van der Waals surface area contributed by atoms with Crippen LogP contribution in [0.2, 0.25) is 4.34 Å². The van der Waals surface area contributed by atoms with Crippen LogP contribution in [0.4, 0.5) is 0 Å². The molecule has 0 unspecified atom stereocenters. The maximum atomic E-state index is 6.03. The van der Waals surface area contributed by atoms with Crippen LogP contribution in [0.25, 0.3) is 6.08 Å². The molecule has 20 heavy (non-hydrogen) atoms. The summed E-state index contributed by atoms with van der Waals surface area (Å²) in [6.45, 7) is 2.64. The third-order valence-corrected chi connectivity index (χ3v) is 5.04. The first-order valence-electron chi connectivity index (χ1n) is 7.45. The second-order valence-electron chi connectivity index (χ2n) is 5.37. The number of ether oxygens (including phenoxy) is 1. The first-order chi connectivity index (χ1) is 9.79. The number of methoxy groups -OCH3 is 1. The van der Waals surface area contributed by atoms with Gasteiger partial charge in [-0.25, -0.2) is 0 Å². The molecule has 1 aliphatic carbocycles. The molecule has 1 aliphatic rings. The Labute approximate surface area is 131 Å². The van der Waals surface area contributed by atoms with E-state index in [9.17, 15) is 0 Å². The second kappa shape index (κ2) is 8.83. The quantitative estimate of drug-likeness (QED) is 0.743. The highest BCUT2D eigenvalue weighted by Gasteiger charge is 2.17. The molecule has 1 saturated carbocycles. The summed E-state index contributed by atoms with van der Waals surface area (Å²) in [5.41, 5.74) is 1.53. The Kier molecular flexibility index (Phi) is 7.08. The minimum Gasteiger partial charge on any atom is -0.383 e. The number of thiophene rings is 1. The largest absolute Gasteiger partial charge is 0.383 e. The Hall–Kier alpha value is -0.350. The summed E-state index contributed by atoms with van der Waals surface area (Å²) < 4.78 is 5.96. The van der Waals surface area contributed by atoms with Crippen molar-refractivity contribution < 1.29 is 4.74 Å². The number of hydrogen-bond acceptors (Lipinski definition) is 3. The van der Waals surface area contributed by atoms with Gasteiger partial charge in [-0.2, -0.15) is 0 Å². The zero-order chi connectivity index (χ0) is 14.2. The smallest absolute Gasteiger partial charge is 0.0934 e. The number of nitrogens with one attached hydrogen (secondary N) is 1. The van der Waals surface area contributed by atoms with E-state index in [4.69, 9.17) is 16.3 Å². The molecule has 0 aromatic carbocycles. The van der Waals surface area contributed by atoms with Gasteiger partial charge in [-0.05, 0) is 37.0 Å². The van der Waals surface area contributed by atoms with Crippen LogP contribution in [-0.2, 0) is 4.74 Å². The van der Waals surface area contributed by atoms with Gasteiger partial charge in [0.15, 0.2) is 0 Å². The molecule has 0 bridgehead atoms. The molecule has 1 aromatic rings. The van der Waals surface area contributed by atoms with Gasteiger partial charge in [-0.15, -0.1) is 11.3 Å². The van der Waals surface area contributed by atoms with E-state index >= 15 is 0 Å². The normalized spacial score (nSPS) is 17.6. The van der Waals surface area contributed by atoms with Crippen molar-refractivity contribution in [1.29, 1.82) is 0 Å². The molecule has 2 rings (SSSR count). The Morgan fingerprint density at radius 2 is 2.20 bits per heavy atom. The van der Waals surface area contributed by atoms with Crippen molar-refractivity contribution in [2.45, 2.75) is 32.1 Å². The molecular weight excluding hydrogens is 290 g/mol. The van der Waals surface area contributed by atoms with Crippen LogP contribution < -0.4 is 5.32 Å². The minimum absolute atomic E-state index is 0.736. The molecule has 1 aromatic heterocycles. The Morgan fingerprint density at radius 3 is 2.85 bits per heavy atom. The highest BCUT2D eigenvalue weighted by Crippen LogP contribution is 2.32. The van der Waals surface area contributed by atoms with Crippen molar-refractivity contribution in [1.82, 2.24) is 5.32 Å². The fourth-order valence-electron chi connectivity index (χ4n) is 2.78. The molecule has 112 valence electrons. The Balaban J connectivity index is 2.00. The van der Waals surface area contributed by atoms with Gasteiger partial charge < -0.3 is 10.1 Å². The molecule has 0 saturated heterocycles. The summed E-state index contributed by atoms with van der Waals surface area (Å²) >= 11 is 7.69. The monoisotopic (exact) mass is 313 g/mol. The van der Waals surface area contributed by atoms with E-state index in [1.807, 2.05) is 6.07 Å². The Bertz CT molecular complexity index is 424. The van der Waals surface area contributed by atoms with Gasteiger partial charge in [0.2, 0.25) is 0 Å². The lowest BCUT2D eigenvalue weighted by atomic mass is 9.83. The average Bonchev–Trinajstić information content (AvgIpc) is 2.88. The van der Waals surface area contributed by atoms with Crippen LogP contribution in [0.3, 0.4) is 0 Å². The minimum atomic E-state index is 0.736. The number of hydrogen-bond donors (Lipinski definition) is 1. The van der Waals surface area contributed by atoms with Crippen LogP contribution in [0.1, 0.15) is 37.0 Å². The topological polar surface area (TPSA) is 21.3 Å². The summed E-state index contributed by atoms with van der Waals surface area (Å²) in [7, 11) is 1.74. The predicted molar refractivity (Wildman–Crippen MR) is 88.6 cm³/mol. The third kappa shape index (κ3) is 5.21. The zero-order valence-corrected chi connectivity index (χ0v) is 13.7. The van der Waals surface area contributed by atoms with Crippen molar-refractivity contribution in [3.63, 3.8) is 0 Å². The molecule has 1 fully saturated rings. The van der Waals surface area contributed by atoms with Gasteiger partial charge in [0, 0.05) is 25.1 Å². The van der Waals surface area contributed by atoms with Crippen molar-refractivity contribution in [3.05, 3.63) is 26.9 Å². The SMILES string of the molecule is COCCNC/C(=C/c1ccc(Cl)s1)C1CCCCC1. The van der Waals surface area contributed by atoms with Crippen LogP contribution in [-0.4, -0.2) is 26.8 Å². The lowest BCUT2D eigenvalue weighted by molar-refractivity contribution is 0.200. The van der Waals surface area contributed by atoms with Gasteiger partial charge in [0.05, 0.1) is 10.9 Å². The standard InChI is InChI=1S/C16H24ClNOS/c1-19-10-9-18-12-14(13-5-3-2-4-6-13)11-15-7-8-16(17)20-15/h7-8,11,13,18H,2-6,9-10,12H2,1H3/b14-11-. The maximum absolute atomic E-state index is 6.03. The van der Waals surface area contributed by atoms with Crippen molar-refractivity contribution in [2.75, 3.05) is 26.8 Å². The molecule has 0 aliphatic heterocycles. The highest BCUT2D eigenvalue weighted by molar-refractivity contribution is 7.17. The summed E-state index contributed by atoms with van der Waals surface area (Å²) in [6.07, 6.45) is 9.13. The molecule has 0 radical (unpaired) electrons. The number of halogens is 1. The third-order valence-electron chi connectivity index (χ3n) is 3.86. The number of rotatable bonds is 7. The first kappa shape index (κ1) is 16.0. The van der Waals surface area contributed by atoms with Crippen molar-refractivity contribution in [3.8, 4) is 0 Å². The Morgan fingerprint density at radius 1 is 1.40 bits per heavy atom. The van der Waals surface area contributed by atoms with Gasteiger partial charge >= 0.3 is 0 Å². The van der Waals surface area contributed by atoms with Crippen molar-refractivity contribution >= 4 is 29.0 Å². The van der Waals surface area contributed by atoms with E-state index in [2.05, 4.69) is 17.5 Å². The molecule has 0 amide bonds. The van der Waals surface area contributed by atoms with E-state index in [0.29, 0.717) is 0 Å². The lowest BCUT2D eigenvalue weighted by Crippen LogP contribution is -2.25. The molecule has 1 heterocycles. The molecule has 4 heteroatoms. The molecule has 2 nitrogen and oxygen atoms in total. The molecule has 1 N–H and O–H groups in total. The van der Waals surface area contributed by atoms with Crippen LogP contribution in [0.5, 0.6) is 0 Å². The van der Waals surface area contributed by atoms with Crippen molar-refractivity contribution in [2.24, 2.45) is 5.92 Å². The van der Waals surface area contributed by atoms with E-state index in [1.54, 1.807) is 18.4 Å². The van der Waals surface area contributed by atoms with Crippen LogP contribution in [0.15, 0.2) is 17.7 Å². The predicted octanol–water partition coefficient (Wildman–Crippen LogP) is 4.60. The van der Waals surface area contributed by atoms with E-state index < -0.39 is 0 Å². The van der Waals surface area contributed by atoms with Gasteiger partial charge in [0.1, 0.15) is 0 Å². The van der Waals surface area contributed by atoms with E-state index in [0.717, 1.165) is 30.0 Å². The summed E-state index contributed by atoms with van der Waals surface area (Å²) in [5, 5.41) is 3.49. The second-order valence-corrected chi connectivity index (χ2v) is 7.11. The molecule has 0 atom stereocenters.